The standard InChI is InChI=1S/C28H27Cl2O5P/c1-3-28(4-2)15-16-34-36(33,35-18-28)23-12-9-20(10-13-23)26(31)19-5-7-21(8-6-19)27(32)24-17-22(29)11-14-25(24)30/h5-14,17H,3-4,15-16,18H2,1-2H3. The van der Waals surface area contributed by atoms with Crippen molar-refractivity contribution in [2.75, 3.05) is 13.2 Å². The van der Waals surface area contributed by atoms with Crippen molar-refractivity contribution in [3.05, 3.63) is 99.0 Å². The predicted molar refractivity (Wildman–Crippen MR) is 143 cm³/mol. The van der Waals surface area contributed by atoms with Gasteiger partial charge in [-0.15, -0.1) is 0 Å². The third kappa shape index (κ3) is 5.51. The molecule has 0 saturated carbocycles. The number of hydrogen-bond acceptors (Lipinski definition) is 5. The Labute approximate surface area is 221 Å². The molecule has 1 aliphatic rings. The Morgan fingerprint density at radius 2 is 1.39 bits per heavy atom. The van der Waals surface area contributed by atoms with Gasteiger partial charge in [0.25, 0.3) is 0 Å². The van der Waals surface area contributed by atoms with E-state index in [2.05, 4.69) is 13.8 Å². The van der Waals surface area contributed by atoms with E-state index in [1.807, 2.05) is 0 Å². The van der Waals surface area contributed by atoms with Gasteiger partial charge >= 0.3 is 7.60 Å². The van der Waals surface area contributed by atoms with E-state index in [0.717, 1.165) is 19.3 Å². The summed E-state index contributed by atoms with van der Waals surface area (Å²) in [6.45, 7) is 4.96. The number of rotatable bonds is 7. The van der Waals surface area contributed by atoms with Gasteiger partial charge in [-0.2, -0.15) is 0 Å². The van der Waals surface area contributed by atoms with Crippen LogP contribution in [0, 0.1) is 5.41 Å². The summed E-state index contributed by atoms with van der Waals surface area (Å²) >= 11 is 12.1. The highest BCUT2D eigenvalue weighted by Crippen LogP contribution is 2.52. The van der Waals surface area contributed by atoms with Crippen molar-refractivity contribution >= 4 is 47.7 Å². The molecule has 0 spiro atoms. The van der Waals surface area contributed by atoms with Crippen LogP contribution in [-0.4, -0.2) is 24.8 Å². The normalized spacial score (nSPS) is 19.4. The van der Waals surface area contributed by atoms with Gasteiger partial charge in [-0.1, -0.05) is 73.4 Å². The Balaban J connectivity index is 1.49. The minimum absolute atomic E-state index is 0.0340. The molecule has 4 rings (SSSR count). The molecule has 3 aromatic carbocycles. The van der Waals surface area contributed by atoms with E-state index in [-0.39, 0.29) is 17.0 Å². The number of carbonyl (C=O) groups is 2. The SMILES string of the molecule is CCC1(CC)CCOP(=O)(c2ccc(C(=O)c3ccc(C(=O)c4cc(Cl)ccc4Cl)cc3)cc2)OC1. The summed E-state index contributed by atoms with van der Waals surface area (Å²) < 4.78 is 25.0. The Hall–Kier alpha value is -2.27. The van der Waals surface area contributed by atoms with Gasteiger partial charge in [0.1, 0.15) is 0 Å². The lowest BCUT2D eigenvalue weighted by molar-refractivity contribution is 0.102. The first kappa shape index (κ1) is 26.8. The summed E-state index contributed by atoms with van der Waals surface area (Å²) in [5, 5.41) is 1.15. The zero-order chi connectivity index (χ0) is 25.9. The minimum atomic E-state index is -3.46. The first-order valence-electron chi connectivity index (χ1n) is 11.8. The van der Waals surface area contributed by atoms with E-state index in [9.17, 15) is 14.2 Å². The molecule has 8 heteroatoms. The Morgan fingerprint density at radius 3 is 1.97 bits per heavy atom. The molecule has 36 heavy (non-hydrogen) atoms. The van der Waals surface area contributed by atoms with Gasteiger partial charge in [0, 0.05) is 27.3 Å². The second-order valence-electron chi connectivity index (χ2n) is 8.97. The molecule has 3 aromatic rings. The fourth-order valence-electron chi connectivity index (χ4n) is 4.23. The second kappa shape index (κ2) is 11.0. The number of ketones is 2. The average Bonchev–Trinajstić information content (AvgIpc) is 3.09. The minimum Gasteiger partial charge on any atom is -0.305 e. The van der Waals surface area contributed by atoms with Crippen molar-refractivity contribution in [3.63, 3.8) is 0 Å². The number of hydrogen-bond donors (Lipinski definition) is 0. The van der Waals surface area contributed by atoms with E-state index in [4.69, 9.17) is 32.2 Å². The van der Waals surface area contributed by atoms with Gasteiger partial charge in [-0.05, 0) is 55.0 Å². The molecular weight excluding hydrogens is 518 g/mol. The molecule has 1 atom stereocenters. The van der Waals surface area contributed by atoms with Crippen LogP contribution in [0.5, 0.6) is 0 Å². The number of halogens is 2. The lowest BCUT2D eigenvalue weighted by Gasteiger charge is -2.28. The van der Waals surface area contributed by atoms with Crippen LogP contribution in [0.1, 0.15) is 65.0 Å². The first-order valence-corrected chi connectivity index (χ1v) is 14.1. The smallest absolute Gasteiger partial charge is 0.305 e. The summed E-state index contributed by atoms with van der Waals surface area (Å²) in [5.41, 5.74) is 1.50. The maximum Gasteiger partial charge on any atom is 0.361 e. The number of carbonyl (C=O) groups excluding carboxylic acids is 2. The fourth-order valence-corrected chi connectivity index (χ4v) is 6.27. The topological polar surface area (TPSA) is 69.7 Å². The third-order valence-electron chi connectivity index (χ3n) is 6.96. The van der Waals surface area contributed by atoms with Crippen LogP contribution in [-0.2, 0) is 13.6 Å². The van der Waals surface area contributed by atoms with Crippen LogP contribution in [0.25, 0.3) is 0 Å². The molecule has 5 nitrogen and oxygen atoms in total. The summed E-state index contributed by atoms with van der Waals surface area (Å²) in [5.74, 6) is -0.507. The van der Waals surface area contributed by atoms with Gasteiger partial charge in [-0.3, -0.25) is 14.2 Å². The molecule has 0 aromatic heterocycles. The lowest BCUT2D eigenvalue weighted by atomic mass is 9.80. The fraction of sp³-hybridized carbons (Fsp3) is 0.286. The van der Waals surface area contributed by atoms with Gasteiger partial charge in [0.15, 0.2) is 11.6 Å². The summed E-state index contributed by atoms with van der Waals surface area (Å²) in [6, 6.07) is 17.5. The maximum absolute atomic E-state index is 13.4. The van der Waals surface area contributed by atoms with Crippen LogP contribution in [0.3, 0.4) is 0 Å². The zero-order valence-corrected chi connectivity index (χ0v) is 22.5. The maximum atomic E-state index is 13.4. The van der Waals surface area contributed by atoms with Crippen LogP contribution >= 0.6 is 30.8 Å². The predicted octanol–water partition coefficient (Wildman–Crippen LogP) is 7.52. The summed E-state index contributed by atoms with van der Waals surface area (Å²) in [6.07, 6.45) is 2.65. The molecule has 1 fully saturated rings. The van der Waals surface area contributed by atoms with Crippen molar-refractivity contribution in [2.24, 2.45) is 5.41 Å². The Kier molecular flexibility index (Phi) is 8.18. The molecule has 0 bridgehead atoms. The molecule has 1 aliphatic heterocycles. The molecular formula is C28H27Cl2O5P. The van der Waals surface area contributed by atoms with Crippen LogP contribution in [0.4, 0.5) is 0 Å². The van der Waals surface area contributed by atoms with E-state index < -0.39 is 7.60 Å². The molecule has 0 amide bonds. The van der Waals surface area contributed by atoms with Crippen molar-refractivity contribution < 1.29 is 23.2 Å². The molecule has 0 radical (unpaired) electrons. The monoisotopic (exact) mass is 544 g/mol. The Morgan fingerprint density at radius 1 is 0.833 bits per heavy atom. The average molecular weight is 545 g/mol. The first-order chi connectivity index (χ1) is 17.2. The van der Waals surface area contributed by atoms with Crippen LogP contribution in [0.15, 0.2) is 66.7 Å². The largest absolute Gasteiger partial charge is 0.361 e. The van der Waals surface area contributed by atoms with E-state index >= 15 is 0 Å². The number of benzene rings is 3. The van der Waals surface area contributed by atoms with Crippen molar-refractivity contribution in [1.29, 1.82) is 0 Å². The lowest BCUT2D eigenvalue weighted by Crippen LogP contribution is -2.24. The van der Waals surface area contributed by atoms with Crippen molar-refractivity contribution in [3.8, 4) is 0 Å². The Bertz CT molecular complexity index is 1310. The van der Waals surface area contributed by atoms with Gasteiger partial charge in [0.05, 0.1) is 23.5 Å². The van der Waals surface area contributed by atoms with Crippen molar-refractivity contribution in [1.82, 2.24) is 0 Å². The highest BCUT2D eigenvalue weighted by molar-refractivity contribution is 7.62. The summed E-state index contributed by atoms with van der Waals surface area (Å²) in [4.78, 5) is 25.8. The quantitative estimate of drug-likeness (QED) is 0.227. The zero-order valence-electron chi connectivity index (χ0n) is 20.1. The second-order valence-corrected chi connectivity index (χ2v) is 11.8. The highest BCUT2D eigenvalue weighted by atomic mass is 35.5. The molecule has 188 valence electrons. The van der Waals surface area contributed by atoms with E-state index in [0.29, 0.717) is 50.8 Å². The van der Waals surface area contributed by atoms with E-state index in [1.165, 1.54) is 6.07 Å². The van der Waals surface area contributed by atoms with Gasteiger partial charge < -0.3 is 9.05 Å². The molecule has 1 heterocycles. The van der Waals surface area contributed by atoms with Crippen LogP contribution in [0.2, 0.25) is 10.0 Å². The van der Waals surface area contributed by atoms with E-state index in [1.54, 1.807) is 60.7 Å². The summed E-state index contributed by atoms with van der Waals surface area (Å²) in [7, 11) is -3.46. The molecule has 1 unspecified atom stereocenters. The molecule has 1 saturated heterocycles. The third-order valence-corrected chi connectivity index (χ3v) is 9.45. The van der Waals surface area contributed by atoms with Crippen molar-refractivity contribution in [2.45, 2.75) is 33.1 Å². The molecule has 0 aliphatic carbocycles. The van der Waals surface area contributed by atoms with Crippen LogP contribution < -0.4 is 5.30 Å². The highest BCUT2D eigenvalue weighted by Gasteiger charge is 2.38. The molecule has 0 N–H and O–H groups in total. The van der Waals surface area contributed by atoms with Gasteiger partial charge in [-0.25, -0.2) is 0 Å². The van der Waals surface area contributed by atoms with Gasteiger partial charge in [0.2, 0.25) is 0 Å².